The molecule has 11 nitrogen and oxygen atoms in total. The van der Waals surface area contributed by atoms with E-state index in [-0.39, 0.29) is 56.8 Å². The van der Waals surface area contributed by atoms with Crippen LogP contribution in [-0.4, -0.2) is 83.1 Å². The monoisotopic (exact) mass is 995 g/mol. The van der Waals surface area contributed by atoms with E-state index in [1.54, 1.807) is 17.8 Å². The summed E-state index contributed by atoms with van der Waals surface area (Å²) in [4.78, 5) is 25.0. The summed E-state index contributed by atoms with van der Waals surface area (Å²) >= 11 is 1.76. The Morgan fingerprint density at radius 3 is 2.32 bits per heavy atom. The van der Waals surface area contributed by atoms with Crippen LogP contribution in [0.25, 0.3) is 0 Å². The van der Waals surface area contributed by atoms with E-state index in [0.29, 0.717) is 49.5 Å². The van der Waals surface area contributed by atoms with E-state index >= 15 is 4.79 Å². The van der Waals surface area contributed by atoms with Crippen molar-refractivity contribution in [1.82, 2.24) is 4.90 Å². The molecule has 1 saturated carbocycles. The smallest absolute Gasteiger partial charge is 0.239 e. The van der Waals surface area contributed by atoms with Crippen LogP contribution in [0.5, 0.6) is 23.0 Å². The summed E-state index contributed by atoms with van der Waals surface area (Å²) in [5.41, 5.74) is 3.15. The number of rotatable bonds is 30. The van der Waals surface area contributed by atoms with Crippen LogP contribution >= 0.6 is 11.8 Å². The first kappa shape index (κ1) is 54.3. The SMILES string of the molecule is C=CCOC12Oc3ccc(OCCSc4ccccc4)cc3C3C(CCCCO)C(CCCCO)C=C(C(=NOC(C)(C)C)CC1N(Cc1ccc4c(c1)OCO4)C(=O)CCCCCCCCCCC)C32. The highest BCUT2D eigenvalue weighted by Crippen LogP contribution is 2.62. The number of fused-ring (bicyclic) bond motifs is 3. The quantitative estimate of drug-likeness (QED) is 0.0288. The number of carbonyl (C=O) groups is 1. The van der Waals surface area contributed by atoms with Crippen molar-refractivity contribution < 1.29 is 43.5 Å². The Labute approximate surface area is 428 Å². The topological polar surface area (TPSA) is 129 Å². The molecule has 7 rings (SSSR count). The van der Waals surface area contributed by atoms with E-state index in [1.165, 1.54) is 43.4 Å². The highest BCUT2D eigenvalue weighted by Gasteiger charge is 2.65. The van der Waals surface area contributed by atoms with E-state index in [4.69, 9.17) is 33.7 Å². The molecule has 0 spiro atoms. The zero-order chi connectivity index (χ0) is 50.1. The van der Waals surface area contributed by atoms with Crippen molar-refractivity contribution in [2.24, 2.45) is 22.9 Å². The maximum atomic E-state index is 15.4. The van der Waals surface area contributed by atoms with Gasteiger partial charge in [-0.15, -0.1) is 18.3 Å². The summed E-state index contributed by atoms with van der Waals surface area (Å²) in [7, 11) is 0. The second-order valence-electron chi connectivity index (χ2n) is 20.8. The summed E-state index contributed by atoms with van der Waals surface area (Å²) in [6.07, 6.45) is 20.0. The predicted octanol–water partition coefficient (Wildman–Crippen LogP) is 13.0. The third-order valence-corrected chi connectivity index (χ3v) is 15.4. The maximum Gasteiger partial charge on any atom is 0.239 e. The second kappa shape index (κ2) is 27.0. The van der Waals surface area contributed by atoms with Gasteiger partial charge in [0.05, 0.1) is 24.8 Å². The minimum Gasteiger partial charge on any atom is -0.493 e. The van der Waals surface area contributed by atoms with Crippen LogP contribution in [0.2, 0.25) is 0 Å². The number of aliphatic hydroxyl groups excluding tert-OH is 2. The first-order valence-electron chi connectivity index (χ1n) is 26.8. The molecule has 3 aromatic rings. The molecule has 12 heteroatoms. The Bertz CT molecular complexity index is 2210. The number of carbonyl (C=O) groups excluding carboxylic acids is 1. The normalized spacial score (nSPS) is 22.5. The molecule has 6 atom stereocenters. The molecular formula is C59H82N2O9S. The molecule has 1 fully saturated rings. The number of ether oxygens (including phenoxy) is 5. The first-order chi connectivity index (χ1) is 34.6. The summed E-state index contributed by atoms with van der Waals surface area (Å²) in [6.45, 7) is 13.8. The molecule has 2 heterocycles. The van der Waals surface area contributed by atoms with Crippen LogP contribution in [0.1, 0.15) is 154 Å². The molecule has 4 aliphatic rings. The number of allylic oxidation sites excluding steroid dienone is 1. The largest absolute Gasteiger partial charge is 0.493 e. The minimum absolute atomic E-state index is 0.0287. The van der Waals surface area contributed by atoms with E-state index in [1.807, 2.05) is 62.1 Å². The average molecular weight is 995 g/mol. The minimum atomic E-state index is -1.37. The van der Waals surface area contributed by atoms with Crippen LogP contribution < -0.4 is 18.9 Å². The average Bonchev–Trinajstić information content (AvgIpc) is 3.84. The number of benzene rings is 3. The Balaban J connectivity index is 1.34. The molecular weight excluding hydrogens is 913 g/mol. The van der Waals surface area contributed by atoms with Gasteiger partial charge in [0, 0.05) is 54.7 Å². The lowest BCUT2D eigenvalue weighted by molar-refractivity contribution is -0.258. The number of unbranched alkanes of at least 4 members (excludes halogenated alkanes) is 10. The molecule has 6 unspecified atom stereocenters. The molecule has 0 aromatic heterocycles. The van der Waals surface area contributed by atoms with Gasteiger partial charge in [-0.1, -0.05) is 113 Å². The van der Waals surface area contributed by atoms with Crippen molar-refractivity contribution in [2.75, 3.05) is 39.0 Å². The first-order valence-corrected chi connectivity index (χ1v) is 27.8. The molecule has 0 radical (unpaired) electrons. The van der Waals surface area contributed by atoms with Crippen molar-refractivity contribution >= 4 is 23.4 Å². The fourth-order valence-corrected chi connectivity index (χ4v) is 11.9. The number of hydrogen-bond donors (Lipinski definition) is 2. The van der Waals surface area contributed by atoms with Crippen LogP contribution in [0.15, 0.2) is 101 Å². The third kappa shape index (κ3) is 14.4. The Hall–Kier alpha value is -4.49. The third-order valence-electron chi connectivity index (χ3n) is 14.4. The lowest BCUT2D eigenvalue weighted by Gasteiger charge is -2.60. The van der Waals surface area contributed by atoms with Crippen molar-refractivity contribution in [1.29, 1.82) is 0 Å². The van der Waals surface area contributed by atoms with Crippen LogP contribution in [0, 0.1) is 17.8 Å². The molecule has 388 valence electrons. The highest BCUT2D eigenvalue weighted by atomic mass is 32.2. The summed E-state index contributed by atoms with van der Waals surface area (Å²) < 4.78 is 33.0. The molecule has 2 N–H and O–H groups in total. The number of hydrogen-bond acceptors (Lipinski definition) is 11. The molecule has 3 aromatic carbocycles. The van der Waals surface area contributed by atoms with Gasteiger partial charge in [0.1, 0.15) is 23.1 Å². The van der Waals surface area contributed by atoms with Crippen molar-refractivity contribution in [2.45, 2.75) is 172 Å². The summed E-state index contributed by atoms with van der Waals surface area (Å²) in [5.74, 6) is 1.87. The van der Waals surface area contributed by atoms with E-state index < -0.39 is 23.3 Å². The van der Waals surface area contributed by atoms with Gasteiger partial charge in [0.25, 0.3) is 0 Å². The number of oxime groups is 1. The number of thioether (sulfide) groups is 1. The van der Waals surface area contributed by atoms with Gasteiger partial charge in [-0.2, -0.15) is 0 Å². The Morgan fingerprint density at radius 2 is 1.59 bits per heavy atom. The lowest BCUT2D eigenvalue weighted by Crippen LogP contribution is -2.70. The van der Waals surface area contributed by atoms with Crippen molar-refractivity contribution in [3.63, 3.8) is 0 Å². The van der Waals surface area contributed by atoms with Gasteiger partial charge in [-0.25, -0.2) is 0 Å². The Morgan fingerprint density at radius 1 is 0.873 bits per heavy atom. The van der Waals surface area contributed by atoms with Gasteiger partial charge in [0.15, 0.2) is 11.5 Å². The number of nitrogens with zero attached hydrogens (tertiary/aromatic N) is 2. The van der Waals surface area contributed by atoms with E-state index in [9.17, 15) is 10.2 Å². The maximum absolute atomic E-state index is 15.4. The van der Waals surface area contributed by atoms with E-state index in [0.717, 1.165) is 78.9 Å². The second-order valence-corrected chi connectivity index (χ2v) is 21.9. The fraction of sp³-hybridized carbons (Fsp3) is 0.593. The zero-order valence-electron chi connectivity index (χ0n) is 43.1. The van der Waals surface area contributed by atoms with Gasteiger partial charge in [-0.3, -0.25) is 4.79 Å². The van der Waals surface area contributed by atoms with Crippen LogP contribution in [0.4, 0.5) is 0 Å². The van der Waals surface area contributed by atoms with Crippen LogP contribution in [-0.2, 0) is 20.9 Å². The fourth-order valence-electron chi connectivity index (χ4n) is 11.1. The summed E-state index contributed by atoms with van der Waals surface area (Å²) in [5, 5.41) is 25.2. The lowest BCUT2D eigenvalue weighted by atomic mass is 9.55. The van der Waals surface area contributed by atoms with Gasteiger partial charge < -0.3 is 43.6 Å². The summed E-state index contributed by atoms with van der Waals surface area (Å²) in [6, 6.07) is 21.8. The number of aliphatic hydroxyl groups is 2. The molecule has 2 aliphatic heterocycles. The molecule has 71 heavy (non-hydrogen) atoms. The standard InChI is InChI=1S/C59H82N2O9S/c1-6-8-9-10-11-12-13-14-18-27-55(64)61(41-43-28-30-52-53(37-43)67-42-66-52)54-40-50(60-70-58(3,4)5)48-38-44(23-19-21-32-62)47(26-20-22-33-63)56-49-39-45(65-35-36-71-46-24-16-15-17-25-46)29-31-51(49)69-59(54,57(48)56)68-34-7-2/h7,15-17,24-25,28-31,37-39,44,47,54,56-57,62-63H,2,6,8-14,18-23,26-27,32-36,40-42H2,1,3-5H3. The number of amides is 1. The predicted molar refractivity (Wildman–Crippen MR) is 283 cm³/mol. The van der Waals surface area contributed by atoms with Gasteiger partial charge in [0.2, 0.25) is 18.5 Å². The highest BCUT2D eigenvalue weighted by molar-refractivity contribution is 7.99. The molecule has 0 bridgehead atoms. The molecule has 2 aliphatic carbocycles. The molecule has 0 saturated heterocycles. The van der Waals surface area contributed by atoms with Crippen LogP contribution in [0.3, 0.4) is 0 Å². The van der Waals surface area contributed by atoms with Crippen molar-refractivity contribution in [3.05, 3.63) is 102 Å². The van der Waals surface area contributed by atoms with Gasteiger partial charge >= 0.3 is 0 Å². The zero-order valence-corrected chi connectivity index (χ0v) is 43.9. The van der Waals surface area contributed by atoms with E-state index in [2.05, 4.69) is 49.9 Å². The Kier molecular flexibility index (Phi) is 20.6. The van der Waals surface area contributed by atoms with Crippen molar-refractivity contribution in [3.8, 4) is 23.0 Å². The molecule has 1 amide bonds. The van der Waals surface area contributed by atoms with Gasteiger partial charge in [-0.05, 0) is 118 Å².